The second-order valence-electron chi connectivity index (χ2n) is 8.37. The average Bonchev–Trinajstić information content (AvgIpc) is 3.26. The van der Waals surface area contributed by atoms with Crippen molar-refractivity contribution >= 4 is 28.9 Å². The van der Waals surface area contributed by atoms with Gasteiger partial charge in [-0.15, -0.1) is 10.2 Å². The van der Waals surface area contributed by atoms with Gasteiger partial charge in [0.15, 0.2) is 10.8 Å². The molecule has 1 aromatic carbocycles. The molecule has 0 amide bonds. The smallest absolute Gasteiger partial charge is 0.161 e. The monoisotopic (exact) mass is 461 g/mol. The molecule has 0 aliphatic heterocycles. The number of benzene rings is 1. The molecule has 1 aliphatic rings. The number of aryl methyl sites for hydroxylation is 1. The Kier molecular flexibility index (Phi) is 7.57. The first-order chi connectivity index (χ1) is 16.1. The van der Waals surface area contributed by atoms with E-state index in [0.717, 1.165) is 70.2 Å². The van der Waals surface area contributed by atoms with Crippen molar-refractivity contribution in [2.75, 3.05) is 12.4 Å². The summed E-state index contributed by atoms with van der Waals surface area (Å²) < 4.78 is 0. The Morgan fingerprint density at radius 2 is 2.06 bits per heavy atom. The molecule has 1 fully saturated rings. The summed E-state index contributed by atoms with van der Waals surface area (Å²) in [5.41, 5.74) is 10.2. The molecule has 33 heavy (non-hydrogen) atoms. The summed E-state index contributed by atoms with van der Waals surface area (Å²) >= 11 is 1.55. The summed E-state index contributed by atoms with van der Waals surface area (Å²) in [7, 11) is 1.79. The zero-order chi connectivity index (χ0) is 23.2. The van der Waals surface area contributed by atoms with Gasteiger partial charge in [0, 0.05) is 37.1 Å². The Morgan fingerprint density at radius 3 is 2.76 bits per heavy atom. The number of allylic oxidation sites excluding steroid dienone is 2. The molecule has 0 unspecified atom stereocenters. The summed E-state index contributed by atoms with van der Waals surface area (Å²) in [6, 6.07) is 8.94. The molecule has 1 saturated carbocycles. The summed E-state index contributed by atoms with van der Waals surface area (Å²) in [5, 5.41) is 13.9. The van der Waals surface area contributed by atoms with Crippen molar-refractivity contribution in [3.8, 4) is 22.0 Å². The van der Waals surface area contributed by atoms with E-state index in [1.807, 2.05) is 31.5 Å². The SMILES string of the molecule is CC/C=C(\C=NC)c1cccc(-c2ncc(-c3nnc(C)s3)c(NC3CCC(N)CC3)n2)c1. The van der Waals surface area contributed by atoms with Crippen molar-refractivity contribution in [1.29, 1.82) is 0 Å². The van der Waals surface area contributed by atoms with Crippen molar-refractivity contribution < 1.29 is 0 Å². The van der Waals surface area contributed by atoms with Crippen molar-refractivity contribution in [3.63, 3.8) is 0 Å². The number of hydrogen-bond donors (Lipinski definition) is 2. The molecule has 172 valence electrons. The Morgan fingerprint density at radius 1 is 1.24 bits per heavy atom. The maximum absolute atomic E-state index is 6.11. The van der Waals surface area contributed by atoms with E-state index in [0.29, 0.717) is 17.9 Å². The predicted octanol–water partition coefficient (Wildman–Crippen LogP) is 5.15. The second kappa shape index (κ2) is 10.8. The summed E-state index contributed by atoms with van der Waals surface area (Å²) in [4.78, 5) is 13.9. The summed E-state index contributed by atoms with van der Waals surface area (Å²) in [5.74, 6) is 1.49. The van der Waals surface area contributed by atoms with Crippen LogP contribution >= 0.6 is 11.3 Å². The van der Waals surface area contributed by atoms with E-state index in [2.05, 4.69) is 45.6 Å². The van der Waals surface area contributed by atoms with Crippen LogP contribution < -0.4 is 11.1 Å². The fourth-order valence-corrected chi connectivity index (χ4v) is 4.79. The quantitative estimate of drug-likeness (QED) is 0.472. The van der Waals surface area contributed by atoms with Crippen LogP contribution in [0.5, 0.6) is 0 Å². The average molecular weight is 462 g/mol. The van der Waals surface area contributed by atoms with Gasteiger partial charge in [-0.2, -0.15) is 0 Å². The standard InChI is InChI=1S/C25H31N7S/c1-4-6-19(14-27-3)17-7-5-8-18(13-17)23-28-15-22(25-32-31-16(2)33-25)24(30-23)29-21-11-9-20(26)10-12-21/h5-8,13-15,20-21H,4,9-12,26H2,1-3H3,(H,28,29,30)/b19-6+,27-14?. The van der Waals surface area contributed by atoms with Crippen LogP contribution in [0.25, 0.3) is 27.5 Å². The summed E-state index contributed by atoms with van der Waals surface area (Å²) in [6.07, 6.45) is 11.0. The largest absolute Gasteiger partial charge is 0.367 e. The van der Waals surface area contributed by atoms with Gasteiger partial charge < -0.3 is 11.1 Å². The van der Waals surface area contributed by atoms with Crippen molar-refractivity contribution in [1.82, 2.24) is 20.2 Å². The minimum absolute atomic E-state index is 0.300. The van der Waals surface area contributed by atoms with Crippen LogP contribution in [0.1, 0.15) is 49.6 Å². The lowest BCUT2D eigenvalue weighted by atomic mass is 9.92. The van der Waals surface area contributed by atoms with Gasteiger partial charge in [0.05, 0.1) is 5.56 Å². The van der Waals surface area contributed by atoms with Crippen molar-refractivity contribution in [3.05, 3.63) is 47.1 Å². The van der Waals surface area contributed by atoms with E-state index in [1.54, 1.807) is 18.4 Å². The minimum Gasteiger partial charge on any atom is -0.367 e. The van der Waals surface area contributed by atoms with Gasteiger partial charge in [0.1, 0.15) is 10.8 Å². The minimum atomic E-state index is 0.300. The van der Waals surface area contributed by atoms with Gasteiger partial charge in [-0.25, -0.2) is 9.97 Å². The number of nitrogens with two attached hydrogens (primary N) is 1. The fourth-order valence-electron chi connectivity index (χ4n) is 4.09. The second-order valence-corrected chi connectivity index (χ2v) is 9.56. The number of nitrogens with zero attached hydrogens (tertiary/aromatic N) is 5. The van der Waals surface area contributed by atoms with E-state index in [4.69, 9.17) is 15.7 Å². The van der Waals surface area contributed by atoms with Crippen molar-refractivity contribution in [2.24, 2.45) is 10.7 Å². The maximum Gasteiger partial charge on any atom is 0.161 e. The van der Waals surface area contributed by atoms with Gasteiger partial charge in [-0.05, 0) is 56.2 Å². The van der Waals surface area contributed by atoms with E-state index >= 15 is 0 Å². The highest BCUT2D eigenvalue weighted by molar-refractivity contribution is 7.14. The van der Waals surface area contributed by atoms with Crippen LogP contribution in [0.4, 0.5) is 5.82 Å². The van der Waals surface area contributed by atoms with Crippen LogP contribution in [0.15, 0.2) is 41.5 Å². The molecule has 0 spiro atoms. The topological polar surface area (TPSA) is 102 Å². The van der Waals surface area contributed by atoms with Crippen LogP contribution in [-0.4, -0.2) is 45.5 Å². The van der Waals surface area contributed by atoms with Crippen LogP contribution in [0.3, 0.4) is 0 Å². The number of aliphatic imine (C=N–C) groups is 1. The Balaban J connectivity index is 1.71. The molecule has 0 bridgehead atoms. The Bertz CT molecular complexity index is 1140. The first-order valence-electron chi connectivity index (χ1n) is 11.5. The van der Waals surface area contributed by atoms with Crippen LogP contribution in [0.2, 0.25) is 0 Å². The number of nitrogens with one attached hydrogen (secondary N) is 1. The summed E-state index contributed by atoms with van der Waals surface area (Å²) in [6.45, 7) is 4.08. The molecule has 0 radical (unpaired) electrons. The third-order valence-corrected chi connectivity index (χ3v) is 6.68. The number of rotatable bonds is 7. The lowest BCUT2D eigenvalue weighted by molar-refractivity contribution is 0.410. The zero-order valence-corrected chi connectivity index (χ0v) is 20.3. The molecule has 2 aromatic heterocycles. The predicted molar refractivity (Wildman–Crippen MR) is 138 cm³/mol. The Labute approximate surface area is 199 Å². The number of aromatic nitrogens is 4. The molecule has 8 heteroatoms. The molecule has 4 rings (SSSR count). The third kappa shape index (κ3) is 5.69. The van der Waals surface area contributed by atoms with Gasteiger partial charge >= 0.3 is 0 Å². The maximum atomic E-state index is 6.11. The van der Waals surface area contributed by atoms with Crippen LogP contribution in [0, 0.1) is 6.92 Å². The van der Waals surface area contributed by atoms with E-state index in [-0.39, 0.29) is 0 Å². The zero-order valence-electron chi connectivity index (χ0n) is 19.5. The molecular weight excluding hydrogens is 430 g/mol. The van der Waals surface area contributed by atoms with Gasteiger partial charge in [-0.3, -0.25) is 4.99 Å². The number of hydrogen-bond acceptors (Lipinski definition) is 8. The lowest BCUT2D eigenvalue weighted by Gasteiger charge is -2.27. The van der Waals surface area contributed by atoms with Gasteiger partial charge in [0.2, 0.25) is 0 Å². The molecule has 0 atom stereocenters. The normalized spacial score (nSPS) is 19.2. The first kappa shape index (κ1) is 23.2. The first-order valence-corrected chi connectivity index (χ1v) is 12.3. The van der Waals surface area contributed by atoms with Gasteiger partial charge in [0.25, 0.3) is 0 Å². The highest BCUT2D eigenvalue weighted by Gasteiger charge is 2.22. The molecule has 0 saturated heterocycles. The van der Waals surface area contributed by atoms with E-state index in [9.17, 15) is 0 Å². The highest BCUT2D eigenvalue weighted by Crippen LogP contribution is 2.32. The van der Waals surface area contributed by atoms with Crippen LogP contribution in [-0.2, 0) is 0 Å². The van der Waals surface area contributed by atoms with E-state index < -0.39 is 0 Å². The molecule has 7 nitrogen and oxygen atoms in total. The molecule has 3 aromatic rings. The van der Waals surface area contributed by atoms with Gasteiger partial charge in [-0.1, -0.05) is 42.5 Å². The fraction of sp³-hybridized carbons (Fsp3) is 0.400. The third-order valence-electron chi connectivity index (χ3n) is 5.80. The van der Waals surface area contributed by atoms with Crippen molar-refractivity contribution in [2.45, 2.75) is 58.0 Å². The van der Waals surface area contributed by atoms with E-state index in [1.165, 1.54) is 0 Å². The molecule has 3 N–H and O–H groups in total. The molecular formula is C25H31N7S. The number of anilines is 1. The highest BCUT2D eigenvalue weighted by atomic mass is 32.1. The molecule has 1 aliphatic carbocycles. The molecule has 2 heterocycles. The Hall–Kier alpha value is -2.97. The lowest BCUT2D eigenvalue weighted by Crippen LogP contribution is -2.33.